The normalized spacial score (nSPS) is 11.0. The third kappa shape index (κ3) is 7.22. The van der Waals surface area contributed by atoms with E-state index < -0.39 is 0 Å². The van der Waals surface area contributed by atoms with Gasteiger partial charge in [-0.25, -0.2) is 0 Å². The second-order valence-corrected chi connectivity index (χ2v) is 7.77. The van der Waals surface area contributed by atoms with Crippen molar-refractivity contribution in [2.75, 3.05) is 25.1 Å². The summed E-state index contributed by atoms with van der Waals surface area (Å²) in [6.07, 6.45) is 9.88. The number of esters is 1. The second-order valence-electron chi connectivity index (χ2n) is 7.77. The summed E-state index contributed by atoms with van der Waals surface area (Å²) in [4.78, 5) is 25.5. The molecule has 29 heavy (non-hydrogen) atoms. The molecule has 2 aromatic rings. The summed E-state index contributed by atoms with van der Waals surface area (Å²) in [6.45, 7) is 3.35. The van der Waals surface area contributed by atoms with E-state index in [1.807, 2.05) is 32.2 Å². The molecule has 0 bridgehead atoms. The number of unbranched alkanes of at least 4 members (excludes halogenated alkanes) is 7. The Morgan fingerprint density at radius 3 is 2.31 bits per heavy atom. The van der Waals surface area contributed by atoms with Crippen molar-refractivity contribution in [1.82, 2.24) is 4.57 Å². The van der Waals surface area contributed by atoms with Gasteiger partial charge in [0.1, 0.15) is 0 Å². The van der Waals surface area contributed by atoms with E-state index in [0.717, 1.165) is 42.4 Å². The van der Waals surface area contributed by atoms with Gasteiger partial charge >= 0.3 is 5.97 Å². The van der Waals surface area contributed by atoms with Gasteiger partial charge in [-0.15, -0.1) is 0 Å². The highest BCUT2D eigenvalue weighted by atomic mass is 16.5. The van der Waals surface area contributed by atoms with Gasteiger partial charge in [0.25, 0.3) is 5.56 Å². The Morgan fingerprint density at radius 1 is 1.00 bits per heavy atom. The predicted molar refractivity (Wildman–Crippen MR) is 121 cm³/mol. The maximum absolute atomic E-state index is 12.3. The van der Waals surface area contributed by atoms with Crippen LogP contribution in [0.25, 0.3) is 10.9 Å². The van der Waals surface area contributed by atoms with Crippen LogP contribution < -0.4 is 10.5 Å². The summed E-state index contributed by atoms with van der Waals surface area (Å²) < 4.78 is 6.79. The number of ether oxygens (including phenoxy) is 1. The molecule has 0 spiro atoms. The first-order valence-electron chi connectivity index (χ1n) is 11.0. The number of aryl methyl sites for hydroxylation is 1. The summed E-state index contributed by atoms with van der Waals surface area (Å²) in [5, 5.41) is 1.13. The van der Waals surface area contributed by atoms with Crippen molar-refractivity contribution in [1.29, 1.82) is 0 Å². The Bertz CT molecular complexity index is 828. The fraction of sp³-hybridized carbons (Fsp3) is 0.583. The average Bonchev–Trinajstić information content (AvgIpc) is 2.74. The van der Waals surface area contributed by atoms with E-state index in [9.17, 15) is 9.59 Å². The van der Waals surface area contributed by atoms with Crippen molar-refractivity contribution in [3.8, 4) is 0 Å². The Labute approximate surface area is 174 Å². The maximum Gasteiger partial charge on any atom is 0.305 e. The zero-order chi connectivity index (χ0) is 21.1. The predicted octanol–water partition coefficient (Wildman–Crippen LogP) is 5.05. The molecule has 2 rings (SSSR count). The molecule has 0 unspecified atom stereocenters. The highest BCUT2D eigenvalue weighted by molar-refractivity contribution is 5.91. The van der Waals surface area contributed by atoms with E-state index in [4.69, 9.17) is 4.74 Å². The minimum absolute atomic E-state index is 0.0370. The van der Waals surface area contributed by atoms with Gasteiger partial charge in [0, 0.05) is 38.5 Å². The van der Waals surface area contributed by atoms with E-state index in [0.29, 0.717) is 13.0 Å². The lowest BCUT2D eigenvalue weighted by molar-refractivity contribution is -0.143. The van der Waals surface area contributed by atoms with Gasteiger partial charge in [0.05, 0.1) is 17.8 Å². The van der Waals surface area contributed by atoms with Crippen molar-refractivity contribution in [3.63, 3.8) is 0 Å². The lowest BCUT2D eigenvalue weighted by Gasteiger charge is -2.22. The van der Waals surface area contributed by atoms with Crippen LogP contribution in [-0.4, -0.2) is 30.7 Å². The smallest absolute Gasteiger partial charge is 0.305 e. The maximum atomic E-state index is 12.3. The van der Waals surface area contributed by atoms with E-state index in [1.54, 1.807) is 10.6 Å². The van der Waals surface area contributed by atoms with Crippen molar-refractivity contribution in [2.45, 2.75) is 64.7 Å². The van der Waals surface area contributed by atoms with Gasteiger partial charge in [-0.1, -0.05) is 63.6 Å². The van der Waals surface area contributed by atoms with E-state index in [2.05, 4.69) is 18.0 Å². The molecule has 5 nitrogen and oxygen atoms in total. The van der Waals surface area contributed by atoms with Gasteiger partial charge in [-0.2, -0.15) is 0 Å². The molecular formula is C24H36N2O3. The zero-order valence-electron chi connectivity index (χ0n) is 18.3. The average molecular weight is 401 g/mol. The largest absolute Gasteiger partial charge is 0.466 e. The minimum atomic E-state index is -0.0983. The number of aromatic nitrogens is 1. The molecule has 0 aliphatic heterocycles. The Hall–Kier alpha value is -2.30. The van der Waals surface area contributed by atoms with E-state index >= 15 is 0 Å². The molecule has 1 aromatic heterocycles. The number of para-hydroxylation sites is 1. The van der Waals surface area contributed by atoms with Gasteiger partial charge < -0.3 is 14.2 Å². The van der Waals surface area contributed by atoms with Crippen LogP contribution in [0.5, 0.6) is 0 Å². The molecule has 160 valence electrons. The fourth-order valence-corrected chi connectivity index (χ4v) is 3.63. The van der Waals surface area contributed by atoms with E-state index in [-0.39, 0.29) is 11.5 Å². The van der Waals surface area contributed by atoms with Gasteiger partial charge in [0.15, 0.2) is 0 Å². The SMILES string of the molecule is CCC(=O)OCCCCCCCCCCN(C)c1cc(=O)n(C)c2ccccc12. The number of hydrogen-bond donors (Lipinski definition) is 0. The van der Waals surface area contributed by atoms with E-state index in [1.165, 1.54) is 32.1 Å². The first-order valence-corrected chi connectivity index (χ1v) is 11.0. The fourth-order valence-electron chi connectivity index (χ4n) is 3.63. The molecule has 0 aliphatic rings. The van der Waals surface area contributed by atoms with Gasteiger partial charge in [-0.05, 0) is 18.9 Å². The number of anilines is 1. The van der Waals surface area contributed by atoms with Crippen LogP contribution in [0, 0.1) is 0 Å². The van der Waals surface area contributed by atoms with Crippen LogP contribution in [-0.2, 0) is 16.6 Å². The molecule has 0 saturated heterocycles. The van der Waals surface area contributed by atoms with Crippen LogP contribution >= 0.6 is 0 Å². The number of benzene rings is 1. The molecule has 0 saturated carbocycles. The van der Waals surface area contributed by atoms with Crippen molar-refractivity contribution in [2.24, 2.45) is 7.05 Å². The molecular weight excluding hydrogens is 364 g/mol. The van der Waals surface area contributed by atoms with Crippen LogP contribution in [0.2, 0.25) is 0 Å². The number of rotatable bonds is 13. The van der Waals surface area contributed by atoms with Crippen LogP contribution in [0.1, 0.15) is 64.7 Å². The summed E-state index contributed by atoms with van der Waals surface area (Å²) in [5.41, 5.74) is 2.04. The lowest BCUT2D eigenvalue weighted by Crippen LogP contribution is -2.23. The summed E-state index contributed by atoms with van der Waals surface area (Å²) >= 11 is 0. The van der Waals surface area contributed by atoms with Crippen molar-refractivity contribution < 1.29 is 9.53 Å². The Kier molecular flexibility index (Phi) is 9.75. The van der Waals surface area contributed by atoms with Crippen LogP contribution in [0.15, 0.2) is 35.1 Å². The number of carbonyl (C=O) groups excluding carboxylic acids is 1. The molecule has 0 radical (unpaired) electrons. The molecule has 0 N–H and O–H groups in total. The molecule has 1 heterocycles. The topological polar surface area (TPSA) is 51.5 Å². The number of carbonyl (C=O) groups is 1. The number of fused-ring (bicyclic) bond motifs is 1. The third-order valence-electron chi connectivity index (χ3n) is 5.48. The number of hydrogen-bond acceptors (Lipinski definition) is 4. The second kappa shape index (κ2) is 12.3. The molecule has 0 aliphatic carbocycles. The molecule has 0 atom stereocenters. The molecule has 0 fully saturated rings. The highest BCUT2D eigenvalue weighted by Gasteiger charge is 2.09. The first kappa shape index (κ1) is 23.0. The zero-order valence-corrected chi connectivity index (χ0v) is 18.3. The van der Waals surface area contributed by atoms with Crippen molar-refractivity contribution in [3.05, 3.63) is 40.7 Å². The number of pyridine rings is 1. The van der Waals surface area contributed by atoms with Crippen LogP contribution in [0.3, 0.4) is 0 Å². The quantitative estimate of drug-likeness (QED) is 0.349. The summed E-state index contributed by atoms with van der Waals surface area (Å²) in [5.74, 6) is -0.0983. The molecule has 5 heteroatoms. The first-order chi connectivity index (χ1) is 14.0. The monoisotopic (exact) mass is 400 g/mol. The minimum Gasteiger partial charge on any atom is -0.466 e. The standard InChI is InChI=1S/C24H36N2O3/c1-4-24(28)29-18-14-10-8-6-5-7-9-13-17-25(2)22-19-23(27)26(3)21-16-12-11-15-20(21)22/h11-12,15-16,19H,4-10,13-14,17-18H2,1-3H3. The van der Waals surface area contributed by atoms with Gasteiger partial charge in [0.2, 0.25) is 0 Å². The molecule has 1 aromatic carbocycles. The number of nitrogens with zero attached hydrogens (tertiary/aromatic N) is 2. The summed E-state index contributed by atoms with van der Waals surface area (Å²) in [6, 6.07) is 9.84. The van der Waals surface area contributed by atoms with Crippen molar-refractivity contribution >= 4 is 22.6 Å². The highest BCUT2D eigenvalue weighted by Crippen LogP contribution is 2.24. The molecule has 0 amide bonds. The lowest BCUT2D eigenvalue weighted by atomic mass is 10.1. The van der Waals surface area contributed by atoms with Crippen LogP contribution in [0.4, 0.5) is 5.69 Å². The third-order valence-corrected chi connectivity index (χ3v) is 5.48. The Morgan fingerprint density at radius 2 is 1.62 bits per heavy atom. The Balaban J connectivity index is 1.63. The summed E-state index contributed by atoms with van der Waals surface area (Å²) in [7, 11) is 3.90. The van der Waals surface area contributed by atoms with Gasteiger partial charge in [-0.3, -0.25) is 9.59 Å².